The maximum atomic E-state index is 4.66. The molecule has 19 heavy (non-hydrogen) atoms. The summed E-state index contributed by atoms with van der Waals surface area (Å²) in [5, 5.41) is 5.63. The van der Waals surface area contributed by atoms with Crippen LogP contribution in [0.4, 0.5) is 0 Å². The van der Waals surface area contributed by atoms with Crippen molar-refractivity contribution >= 4 is 16.3 Å². The van der Waals surface area contributed by atoms with E-state index in [0.29, 0.717) is 11.8 Å². The molecule has 0 aliphatic rings. The lowest BCUT2D eigenvalue weighted by atomic mass is 9.91. The second-order valence-electron chi connectivity index (χ2n) is 6.04. The van der Waals surface area contributed by atoms with Crippen molar-refractivity contribution in [1.82, 2.24) is 14.7 Å². The number of hydrogen-bond acceptors (Lipinski definition) is 3. The summed E-state index contributed by atoms with van der Waals surface area (Å²) in [4.78, 5) is 5.77. The van der Waals surface area contributed by atoms with Crippen LogP contribution in [0.1, 0.15) is 33.4 Å². The molecule has 2 unspecified atom stereocenters. The predicted molar refractivity (Wildman–Crippen MR) is 82.8 cm³/mol. The average molecular weight is 279 g/mol. The molecular formula is C15H25N3S. The average Bonchev–Trinajstić information content (AvgIpc) is 2.88. The lowest BCUT2D eigenvalue weighted by molar-refractivity contribution is 0.355. The molecule has 0 spiro atoms. The van der Waals surface area contributed by atoms with Gasteiger partial charge in [-0.25, -0.2) is 4.98 Å². The van der Waals surface area contributed by atoms with Crippen LogP contribution >= 0.6 is 11.3 Å². The third-order valence-electron chi connectivity index (χ3n) is 3.66. The first kappa shape index (κ1) is 14.5. The fourth-order valence-electron chi connectivity index (χ4n) is 2.21. The molecule has 4 heteroatoms. The summed E-state index contributed by atoms with van der Waals surface area (Å²) >= 11 is 1.70. The van der Waals surface area contributed by atoms with Gasteiger partial charge in [-0.05, 0) is 37.3 Å². The van der Waals surface area contributed by atoms with E-state index in [2.05, 4.69) is 60.2 Å². The Kier molecular flexibility index (Phi) is 4.99. The molecule has 106 valence electrons. The summed E-state index contributed by atoms with van der Waals surface area (Å²) in [7, 11) is 0. The number of aromatic nitrogens is 2. The molecule has 2 atom stereocenters. The van der Waals surface area contributed by atoms with Gasteiger partial charge < -0.3 is 5.32 Å². The van der Waals surface area contributed by atoms with E-state index in [-0.39, 0.29) is 0 Å². The van der Waals surface area contributed by atoms with Crippen molar-refractivity contribution < 1.29 is 0 Å². The van der Waals surface area contributed by atoms with E-state index in [0.717, 1.165) is 30.4 Å². The highest BCUT2D eigenvalue weighted by Gasteiger charge is 2.14. The highest BCUT2D eigenvalue weighted by atomic mass is 32.1. The van der Waals surface area contributed by atoms with Crippen LogP contribution in [0.15, 0.2) is 17.8 Å². The van der Waals surface area contributed by atoms with Gasteiger partial charge in [-0.2, -0.15) is 0 Å². The number of nitrogens with one attached hydrogen (secondary N) is 1. The minimum atomic E-state index is 0.657. The molecule has 3 nitrogen and oxygen atoms in total. The first-order valence-corrected chi connectivity index (χ1v) is 8.06. The summed E-state index contributed by atoms with van der Waals surface area (Å²) in [5.74, 6) is 2.06. The molecule has 0 bridgehead atoms. The van der Waals surface area contributed by atoms with Crippen LogP contribution in [0.25, 0.3) is 4.96 Å². The molecule has 2 heterocycles. The lowest BCUT2D eigenvalue weighted by Gasteiger charge is -2.20. The molecule has 0 aromatic carbocycles. The SMILES string of the molecule is CC(C)CNCC(C)C(C)Cc1cn2ccsc2n1. The van der Waals surface area contributed by atoms with E-state index in [1.54, 1.807) is 11.3 Å². The van der Waals surface area contributed by atoms with Gasteiger partial charge in [-0.1, -0.05) is 27.7 Å². The number of rotatable bonds is 7. The Balaban J connectivity index is 1.82. The standard InChI is InChI=1S/C15H25N3S/c1-11(2)8-16-9-13(4)12(3)7-14-10-18-5-6-19-15(18)17-14/h5-6,10-13,16H,7-9H2,1-4H3. The van der Waals surface area contributed by atoms with E-state index in [4.69, 9.17) is 0 Å². The van der Waals surface area contributed by atoms with Crippen LogP contribution in [0.5, 0.6) is 0 Å². The van der Waals surface area contributed by atoms with Crippen LogP contribution < -0.4 is 5.32 Å². The quantitative estimate of drug-likeness (QED) is 0.841. The summed E-state index contributed by atoms with van der Waals surface area (Å²) in [5.41, 5.74) is 1.22. The normalized spacial score (nSPS) is 15.2. The number of imidazole rings is 1. The topological polar surface area (TPSA) is 29.3 Å². The molecular weight excluding hydrogens is 254 g/mol. The third kappa shape index (κ3) is 4.05. The van der Waals surface area contributed by atoms with E-state index >= 15 is 0 Å². The van der Waals surface area contributed by atoms with Crippen LogP contribution in [-0.4, -0.2) is 22.5 Å². The van der Waals surface area contributed by atoms with Crippen LogP contribution in [0.3, 0.4) is 0 Å². The molecule has 2 rings (SSSR count). The Morgan fingerprint density at radius 3 is 2.68 bits per heavy atom. The Morgan fingerprint density at radius 1 is 1.21 bits per heavy atom. The molecule has 2 aromatic heterocycles. The van der Waals surface area contributed by atoms with Gasteiger partial charge in [-0.3, -0.25) is 4.40 Å². The fourth-order valence-corrected chi connectivity index (χ4v) is 2.93. The Labute approximate surface area is 120 Å². The largest absolute Gasteiger partial charge is 0.316 e. The van der Waals surface area contributed by atoms with Crippen molar-refractivity contribution in [2.75, 3.05) is 13.1 Å². The molecule has 1 N–H and O–H groups in total. The van der Waals surface area contributed by atoms with Crippen molar-refractivity contribution in [3.05, 3.63) is 23.5 Å². The minimum Gasteiger partial charge on any atom is -0.316 e. The van der Waals surface area contributed by atoms with Crippen molar-refractivity contribution in [1.29, 1.82) is 0 Å². The maximum absolute atomic E-state index is 4.66. The van der Waals surface area contributed by atoms with Crippen LogP contribution in [-0.2, 0) is 6.42 Å². The van der Waals surface area contributed by atoms with Crippen molar-refractivity contribution in [2.24, 2.45) is 17.8 Å². The number of fused-ring (bicyclic) bond motifs is 1. The Morgan fingerprint density at radius 2 is 2.00 bits per heavy atom. The zero-order valence-corrected chi connectivity index (χ0v) is 13.2. The third-order valence-corrected chi connectivity index (χ3v) is 4.44. The smallest absolute Gasteiger partial charge is 0.193 e. The van der Waals surface area contributed by atoms with Gasteiger partial charge in [0.05, 0.1) is 5.69 Å². The molecule has 0 aliphatic carbocycles. The second kappa shape index (κ2) is 6.53. The van der Waals surface area contributed by atoms with Gasteiger partial charge in [0.2, 0.25) is 0 Å². The predicted octanol–water partition coefficient (Wildman–Crippen LogP) is 3.46. The highest BCUT2D eigenvalue weighted by Crippen LogP contribution is 2.18. The maximum Gasteiger partial charge on any atom is 0.193 e. The van der Waals surface area contributed by atoms with Crippen molar-refractivity contribution in [3.8, 4) is 0 Å². The second-order valence-corrected chi connectivity index (χ2v) is 6.91. The highest BCUT2D eigenvalue weighted by molar-refractivity contribution is 7.15. The first-order chi connectivity index (χ1) is 9.06. The molecule has 0 aliphatic heterocycles. The molecule has 0 saturated carbocycles. The summed E-state index contributed by atoms with van der Waals surface area (Å²) in [6.07, 6.45) is 5.31. The van der Waals surface area contributed by atoms with Gasteiger partial charge >= 0.3 is 0 Å². The molecule has 0 saturated heterocycles. The minimum absolute atomic E-state index is 0.657. The van der Waals surface area contributed by atoms with Gasteiger partial charge in [0.25, 0.3) is 0 Å². The monoisotopic (exact) mass is 279 g/mol. The molecule has 0 fully saturated rings. The van der Waals surface area contributed by atoms with E-state index < -0.39 is 0 Å². The Bertz CT molecular complexity index is 472. The zero-order valence-electron chi connectivity index (χ0n) is 12.4. The molecule has 0 amide bonds. The molecule has 0 radical (unpaired) electrons. The number of hydrogen-bond donors (Lipinski definition) is 1. The van der Waals surface area contributed by atoms with E-state index in [9.17, 15) is 0 Å². The van der Waals surface area contributed by atoms with Gasteiger partial charge in [-0.15, -0.1) is 11.3 Å². The van der Waals surface area contributed by atoms with E-state index in [1.807, 2.05) is 0 Å². The van der Waals surface area contributed by atoms with Crippen molar-refractivity contribution in [2.45, 2.75) is 34.1 Å². The first-order valence-electron chi connectivity index (χ1n) is 7.18. The van der Waals surface area contributed by atoms with Gasteiger partial charge in [0.15, 0.2) is 4.96 Å². The van der Waals surface area contributed by atoms with Crippen molar-refractivity contribution in [3.63, 3.8) is 0 Å². The summed E-state index contributed by atoms with van der Waals surface area (Å²) in [6.45, 7) is 11.4. The fraction of sp³-hybridized carbons (Fsp3) is 0.667. The Hall–Kier alpha value is -0.870. The summed E-state index contributed by atoms with van der Waals surface area (Å²) < 4.78 is 2.12. The molecule has 2 aromatic rings. The van der Waals surface area contributed by atoms with E-state index in [1.165, 1.54) is 5.69 Å². The van der Waals surface area contributed by atoms with Gasteiger partial charge in [0.1, 0.15) is 0 Å². The number of nitrogens with zero attached hydrogens (tertiary/aromatic N) is 2. The number of thiazole rings is 1. The van der Waals surface area contributed by atoms with Crippen LogP contribution in [0.2, 0.25) is 0 Å². The summed E-state index contributed by atoms with van der Waals surface area (Å²) in [6, 6.07) is 0. The van der Waals surface area contributed by atoms with Crippen LogP contribution in [0, 0.1) is 17.8 Å². The van der Waals surface area contributed by atoms with Gasteiger partial charge in [0, 0.05) is 17.8 Å². The zero-order chi connectivity index (χ0) is 13.8. The lowest BCUT2D eigenvalue weighted by Crippen LogP contribution is -2.28.